The number of nitrogens with zero attached hydrogens (tertiary/aromatic N) is 4. The fraction of sp³-hybridized carbons (Fsp3) is 0.524. The van der Waals surface area contributed by atoms with E-state index in [9.17, 15) is 0 Å². The monoisotopic (exact) mass is 385 g/mol. The van der Waals surface area contributed by atoms with Gasteiger partial charge in [0, 0.05) is 43.0 Å². The van der Waals surface area contributed by atoms with Gasteiger partial charge in [-0.05, 0) is 43.4 Å². The molecule has 0 amide bonds. The molecule has 3 rings (SSSR count). The smallest absolute Gasteiger partial charge is 0.193 e. The number of rotatable bonds is 7. The van der Waals surface area contributed by atoms with E-state index in [1.807, 2.05) is 29.7 Å². The van der Waals surface area contributed by atoms with Crippen LogP contribution in [0.25, 0.3) is 0 Å². The van der Waals surface area contributed by atoms with Crippen LogP contribution in [0.3, 0.4) is 0 Å². The summed E-state index contributed by atoms with van der Waals surface area (Å²) in [4.78, 5) is 8.66. The molecule has 1 saturated heterocycles. The summed E-state index contributed by atoms with van der Waals surface area (Å²) < 4.78 is 1.89. The van der Waals surface area contributed by atoms with Crippen LogP contribution in [0.4, 0.5) is 0 Å². The standard InChI is InChI=1S/C21H31N5S/c1-4-22-21(23-13-17(2)27-20-8-6-5-7-9-20)26-11-10-18(16-26)12-19-14-24-25(3)15-19/h5-9,14-15,17-18H,4,10-13,16H2,1-3H3,(H,22,23). The summed E-state index contributed by atoms with van der Waals surface area (Å²) in [7, 11) is 1.98. The summed E-state index contributed by atoms with van der Waals surface area (Å²) in [5.41, 5.74) is 1.33. The fourth-order valence-electron chi connectivity index (χ4n) is 3.51. The molecule has 0 spiro atoms. The van der Waals surface area contributed by atoms with Crippen LogP contribution in [0.5, 0.6) is 0 Å². The zero-order valence-electron chi connectivity index (χ0n) is 16.6. The van der Waals surface area contributed by atoms with Crippen molar-refractivity contribution in [1.29, 1.82) is 0 Å². The Morgan fingerprint density at radius 3 is 2.89 bits per heavy atom. The minimum absolute atomic E-state index is 0.454. The Hall–Kier alpha value is -1.95. The molecule has 5 nitrogen and oxygen atoms in total. The molecule has 1 aliphatic heterocycles. The molecule has 27 heavy (non-hydrogen) atoms. The first kappa shape index (κ1) is 19.8. The van der Waals surface area contributed by atoms with Gasteiger partial charge in [-0.3, -0.25) is 9.67 Å². The molecular weight excluding hydrogens is 354 g/mol. The molecular formula is C21H31N5S. The molecule has 6 heteroatoms. The van der Waals surface area contributed by atoms with Gasteiger partial charge >= 0.3 is 0 Å². The van der Waals surface area contributed by atoms with Gasteiger partial charge in [0.1, 0.15) is 0 Å². The average molecular weight is 386 g/mol. The van der Waals surface area contributed by atoms with E-state index >= 15 is 0 Å². The van der Waals surface area contributed by atoms with E-state index in [0.29, 0.717) is 11.2 Å². The van der Waals surface area contributed by atoms with E-state index < -0.39 is 0 Å². The van der Waals surface area contributed by atoms with Crippen LogP contribution in [0.15, 0.2) is 52.6 Å². The normalized spacial score (nSPS) is 18.7. The highest BCUT2D eigenvalue weighted by Gasteiger charge is 2.25. The SMILES string of the molecule is CCNC(=NCC(C)Sc1ccccc1)N1CCC(Cc2cnn(C)c2)C1. The molecule has 1 aliphatic rings. The maximum absolute atomic E-state index is 4.93. The van der Waals surface area contributed by atoms with Crippen LogP contribution in [0.2, 0.25) is 0 Å². The minimum atomic E-state index is 0.454. The topological polar surface area (TPSA) is 45.5 Å². The van der Waals surface area contributed by atoms with Crippen molar-refractivity contribution in [2.75, 3.05) is 26.2 Å². The van der Waals surface area contributed by atoms with E-state index in [0.717, 1.165) is 38.6 Å². The summed E-state index contributed by atoms with van der Waals surface area (Å²) in [5.74, 6) is 1.74. The highest BCUT2D eigenvalue weighted by molar-refractivity contribution is 8.00. The molecule has 1 N–H and O–H groups in total. The lowest BCUT2D eigenvalue weighted by atomic mass is 10.0. The summed E-state index contributed by atoms with van der Waals surface area (Å²) in [6, 6.07) is 10.6. The Kier molecular flexibility index (Phi) is 7.21. The third kappa shape index (κ3) is 6.03. The molecule has 0 aliphatic carbocycles. The Bertz CT molecular complexity index is 727. The number of aromatic nitrogens is 2. The lowest BCUT2D eigenvalue weighted by Crippen LogP contribution is -2.40. The molecule has 1 aromatic carbocycles. The van der Waals surface area contributed by atoms with Crippen molar-refractivity contribution < 1.29 is 0 Å². The first-order valence-corrected chi connectivity index (χ1v) is 10.7. The molecule has 2 aromatic rings. The molecule has 146 valence electrons. The Morgan fingerprint density at radius 2 is 2.19 bits per heavy atom. The second kappa shape index (κ2) is 9.83. The molecule has 2 atom stereocenters. The maximum atomic E-state index is 4.93. The van der Waals surface area contributed by atoms with E-state index in [1.54, 1.807) is 0 Å². The second-order valence-electron chi connectivity index (χ2n) is 7.26. The number of benzene rings is 1. The van der Waals surface area contributed by atoms with E-state index in [4.69, 9.17) is 4.99 Å². The van der Waals surface area contributed by atoms with Gasteiger partial charge in [0.05, 0.1) is 12.7 Å². The Labute approximate surface area is 167 Å². The number of hydrogen-bond acceptors (Lipinski definition) is 3. The second-order valence-corrected chi connectivity index (χ2v) is 8.78. The number of aliphatic imine (C=N–C) groups is 1. The number of thioether (sulfide) groups is 1. The minimum Gasteiger partial charge on any atom is -0.357 e. The number of guanidine groups is 1. The van der Waals surface area contributed by atoms with Crippen LogP contribution in [-0.2, 0) is 13.5 Å². The highest BCUT2D eigenvalue weighted by atomic mass is 32.2. The van der Waals surface area contributed by atoms with Crippen LogP contribution < -0.4 is 5.32 Å². The number of aryl methyl sites for hydroxylation is 1. The van der Waals surface area contributed by atoms with Gasteiger partial charge in [0.25, 0.3) is 0 Å². The van der Waals surface area contributed by atoms with E-state index in [2.05, 4.69) is 65.7 Å². The third-order valence-corrected chi connectivity index (χ3v) is 5.88. The van der Waals surface area contributed by atoms with Crippen LogP contribution in [0, 0.1) is 5.92 Å². The fourth-order valence-corrected chi connectivity index (χ4v) is 4.44. The van der Waals surface area contributed by atoms with Gasteiger partial charge in [-0.15, -0.1) is 11.8 Å². The van der Waals surface area contributed by atoms with Gasteiger partial charge < -0.3 is 10.2 Å². The van der Waals surface area contributed by atoms with E-state index in [1.165, 1.54) is 16.9 Å². The van der Waals surface area contributed by atoms with Gasteiger partial charge in [-0.2, -0.15) is 5.10 Å². The lowest BCUT2D eigenvalue weighted by molar-refractivity contribution is 0.460. The zero-order valence-corrected chi connectivity index (χ0v) is 17.5. The molecule has 0 radical (unpaired) electrons. The third-order valence-electron chi connectivity index (χ3n) is 4.78. The molecule has 1 aromatic heterocycles. The summed E-state index contributed by atoms with van der Waals surface area (Å²) in [6.07, 6.45) is 6.44. The van der Waals surface area contributed by atoms with Crippen molar-refractivity contribution in [1.82, 2.24) is 20.0 Å². The molecule has 1 fully saturated rings. The zero-order chi connectivity index (χ0) is 19.1. The number of hydrogen-bond donors (Lipinski definition) is 1. The van der Waals surface area contributed by atoms with Crippen molar-refractivity contribution >= 4 is 17.7 Å². The van der Waals surface area contributed by atoms with Crippen LogP contribution in [-0.4, -0.2) is 52.1 Å². The van der Waals surface area contributed by atoms with E-state index in [-0.39, 0.29) is 0 Å². The van der Waals surface area contributed by atoms with Crippen molar-refractivity contribution in [3.8, 4) is 0 Å². The maximum Gasteiger partial charge on any atom is 0.193 e. The van der Waals surface area contributed by atoms with Crippen LogP contribution in [0.1, 0.15) is 25.8 Å². The molecule has 2 heterocycles. The summed E-state index contributed by atoms with van der Waals surface area (Å²) in [5, 5.41) is 8.23. The van der Waals surface area contributed by atoms with Gasteiger partial charge in [-0.25, -0.2) is 0 Å². The van der Waals surface area contributed by atoms with Gasteiger partial charge in [0.2, 0.25) is 0 Å². The lowest BCUT2D eigenvalue weighted by Gasteiger charge is -2.22. The quantitative estimate of drug-likeness (QED) is 0.451. The molecule has 0 bridgehead atoms. The van der Waals surface area contributed by atoms with Crippen molar-refractivity contribution in [3.63, 3.8) is 0 Å². The first-order valence-electron chi connectivity index (χ1n) is 9.86. The van der Waals surface area contributed by atoms with Gasteiger partial charge in [0.15, 0.2) is 5.96 Å². The average Bonchev–Trinajstić information content (AvgIpc) is 3.29. The molecule has 2 unspecified atom stereocenters. The predicted molar refractivity (Wildman–Crippen MR) is 114 cm³/mol. The number of likely N-dealkylation sites (tertiary alicyclic amines) is 1. The molecule has 0 saturated carbocycles. The Balaban J connectivity index is 1.53. The van der Waals surface area contributed by atoms with Crippen molar-refractivity contribution in [2.24, 2.45) is 18.0 Å². The van der Waals surface area contributed by atoms with Crippen molar-refractivity contribution in [2.45, 2.75) is 36.8 Å². The van der Waals surface area contributed by atoms with Crippen LogP contribution >= 0.6 is 11.8 Å². The van der Waals surface area contributed by atoms with Gasteiger partial charge in [-0.1, -0.05) is 25.1 Å². The predicted octanol–water partition coefficient (Wildman–Crippen LogP) is 3.43. The summed E-state index contributed by atoms with van der Waals surface area (Å²) >= 11 is 1.89. The Morgan fingerprint density at radius 1 is 1.37 bits per heavy atom. The largest absolute Gasteiger partial charge is 0.357 e. The number of nitrogens with one attached hydrogen (secondary N) is 1. The summed E-state index contributed by atoms with van der Waals surface area (Å²) in [6.45, 7) is 8.27. The first-order chi connectivity index (χ1) is 13.1. The van der Waals surface area contributed by atoms with Crippen molar-refractivity contribution in [3.05, 3.63) is 48.3 Å². The highest BCUT2D eigenvalue weighted by Crippen LogP contribution is 2.24.